The Morgan fingerprint density at radius 3 is 2.62 bits per heavy atom. The van der Waals surface area contributed by atoms with Crippen LogP contribution in [0.3, 0.4) is 0 Å². The summed E-state index contributed by atoms with van der Waals surface area (Å²) in [6.45, 7) is 2.29. The molecule has 1 aromatic carbocycles. The van der Waals surface area contributed by atoms with E-state index < -0.39 is 21.8 Å². The van der Waals surface area contributed by atoms with Crippen molar-refractivity contribution in [2.24, 2.45) is 0 Å². The van der Waals surface area contributed by atoms with Crippen LogP contribution in [0.4, 0.5) is 4.39 Å². The van der Waals surface area contributed by atoms with Gasteiger partial charge in [-0.15, -0.1) is 11.3 Å². The summed E-state index contributed by atoms with van der Waals surface area (Å²) in [6.07, 6.45) is 1.27. The third-order valence-electron chi connectivity index (χ3n) is 3.66. The third kappa shape index (κ3) is 5.58. The first-order chi connectivity index (χ1) is 12.3. The van der Waals surface area contributed by atoms with Crippen LogP contribution in [0, 0.1) is 5.82 Å². The molecule has 0 atom stereocenters. The average Bonchev–Trinajstić information content (AvgIpc) is 3.08. The van der Waals surface area contributed by atoms with E-state index >= 15 is 0 Å². The Bertz CT molecular complexity index is 835. The molecule has 142 valence electrons. The van der Waals surface area contributed by atoms with Gasteiger partial charge in [0.1, 0.15) is 12.4 Å². The maximum absolute atomic E-state index is 12.9. The molecule has 1 aromatic heterocycles. The fraction of sp³-hybridized carbons (Fsp3) is 0.412. The van der Waals surface area contributed by atoms with Crippen LogP contribution in [-0.4, -0.2) is 37.3 Å². The molecule has 0 fully saturated rings. The minimum Gasteiger partial charge on any atom is -0.459 e. The zero-order valence-corrected chi connectivity index (χ0v) is 16.3. The van der Waals surface area contributed by atoms with E-state index in [2.05, 4.69) is 4.98 Å². The highest BCUT2D eigenvalue weighted by atomic mass is 32.2. The number of hydrogen-bond acceptors (Lipinski definition) is 6. The molecule has 6 nitrogen and oxygen atoms in total. The fourth-order valence-electron chi connectivity index (χ4n) is 2.16. The van der Waals surface area contributed by atoms with Crippen LogP contribution in [0.2, 0.25) is 0 Å². The van der Waals surface area contributed by atoms with E-state index in [-0.39, 0.29) is 24.5 Å². The number of nitrogens with zero attached hydrogens (tertiary/aromatic N) is 2. The summed E-state index contributed by atoms with van der Waals surface area (Å²) in [5.41, 5.74) is 0.719. The monoisotopic (exact) mass is 400 g/mol. The van der Waals surface area contributed by atoms with Crippen LogP contribution < -0.4 is 0 Å². The SMILES string of the molecule is CCc1nc(COC(=O)CCCN(C)S(=O)(=O)c2ccc(F)cc2)cs1. The molecular formula is C17H21FN2O4S2. The largest absolute Gasteiger partial charge is 0.459 e. The van der Waals surface area contributed by atoms with Gasteiger partial charge in [0.05, 0.1) is 15.6 Å². The number of benzene rings is 1. The Kier molecular flexibility index (Phi) is 7.24. The predicted octanol–water partition coefficient (Wildman–Crippen LogP) is 2.99. The minimum absolute atomic E-state index is 0.0132. The lowest BCUT2D eigenvalue weighted by molar-refractivity contribution is -0.145. The van der Waals surface area contributed by atoms with Gasteiger partial charge in [-0.1, -0.05) is 6.92 Å². The highest BCUT2D eigenvalue weighted by Crippen LogP contribution is 2.16. The van der Waals surface area contributed by atoms with E-state index in [1.54, 1.807) is 0 Å². The quantitative estimate of drug-likeness (QED) is 0.605. The summed E-state index contributed by atoms with van der Waals surface area (Å²) in [4.78, 5) is 16.1. The van der Waals surface area contributed by atoms with Gasteiger partial charge in [0.2, 0.25) is 10.0 Å². The van der Waals surface area contributed by atoms with Crippen molar-refractivity contribution in [2.75, 3.05) is 13.6 Å². The molecule has 0 saturated heterocycles. The second-order valence-electron chi connectivity index (χ2n) is 5.63. The number of sulfonamides is 1. The van der Waals surface area contributed by atoms with Crippen molar-refractivity contribution >= 4 is 27.3 Å². The minimum atomic E-state index is -3.70. The smallest absolute Gasteiger partial charge is 0.306 e. The van der Waals surface area contributed by atoms with E-state index in [4.69, 9.17) is 4.74 Å². The number of carbonyl (C=O) groups is 1. The molecule has 0 aliphatic heterocycles. The van der Waals surface area contributed by atoms with Crippen molar-refractivity contribution in [3.8, 4) is 0 Å². The van der Waals surface area contributed by atoms with Crippen molar-refractivity contribution < 1.29 is 22.3 Å². The number of aryl methyl sites for hydroxylation is 1. The van der Waals surface area contributed by atoms with E-state index in [1.165, 1.54) is 30.5 Å². The van der Waals surface area contributed by atoms with Crippen LogP contribution in [0.1, 0.15) is 30.5 Å². The van der Waals surface area contributed by atoms with Gasteiger partial charge >= 0.3 is 5.97 Å². The predicted molar refractivity (Wildman–Crippen MR) is 96.7 cm³/mol. The molecule has 1 heterocycles. The van der Waals surface area contributed by atoms with Crippen molar-refractivity contribution in [1.29, 1.82) is 0 Å². The summed E-state index contributed by atoms with van der Waals surface area (Å²) in [5, 5.41) is 2.85. The number of thiazole rings is 1. The third-order valence-corrected chi connectivity index (χ3v) is 6.57. The molecule has 0 aliphatic rings. The summed E-state index contributed by atoms with van der Waals surface area (Å²) < 4.78 is 43.9. The lowest BCUT2D eigenvalue weighted by Crippen LogP contribution is -2.28. The van der Waals surface area contributed by atoms with Gasteiger partial charge in [-0.3, -0.25) is 4.79 Å². The highest BCUT2D eigenvalue weighted by Gasteiger charge is 2.20. The number of rotatable bonds is 9. The second kappa shape index (κ2) is 9.20. The van der Waals surface area contributed by atoms with Gasteiger partial charge in [0, 0.05) is 25.4 Å². The number of hydrogen-bond donors (Lipinski definition) is 0. The summed E-state index contributed by atoms with van der Waals surface area (Å²) in [6, 6.07) is 4.63. The zero-order chi connectivity index (χ0) is 19.2. The average molecular weight is 400 g/mol. The first-order valence-electron chi connectivity index (χ1n) is 8.13. The van der Waals surface area contributed by atoms with Crippen molar-refractivity contribution in [3.05, 3.63) is 46.2 Å². The molecule has 0 N–H and O–H groups in total. The highest BCUT2D eigenvalue weighted by molar-refractivity contribution is 7.89. The summed E-state index contributed by atoms with van der Waals surface area (Å²) in [7, 11) is -2.28. The molecule has 2 aromatic rings. The number of halogens is 1. The first kappa shape index (κ1) is 20.5. The van der Waals surface area contributed by atoms with Gasteiger partial charge in [-0.2, -0.15) is 0 Å². The maximum atomic E-state index is 12.9. The standard InChI is InChI=1S/C17H21FN2O4S2/c1-3-16-19-14(12-25-16)11-24-17(21)5-4-10-20(2)26(22,23)15-8-6-13(18)7-9-15/h6-9,12H,3-5,10-11H2,1-2H3. The molecule has 26 heavy (non-hydrogen) atoms. The van der Waals surface area contributed by atoms with Gasteiger partial charge in [0.15, 0.2) is 0 Å². The molecule has 0 amide bonds. The normalized spacial score (nSPS) is 11.7. The Morgan fingerprint density at radius 1 is 1.31 bits per heavy atom. The van der Waals surface area contributed by atoms with Crippen molar-refractivity contribution in [2.45, 2.75) is 37.7 Å². The Labute approximate surface area is 156 Å². The molecule has 0 bridgehead atoms. The van der Waals surface area contributed by atoms with Gasteiger partial charge < -0.3 is 4.74 Å². The van der Waals surface area contributed by atoms with E-state index in [0.29, 0.717) is 6.42 Å². The van der Waals surface area contributed by atoms with Crippen molar-refractivity contribution in [3.63, 3.8) is 0 Å². The van der Waals surface area contributed by atoms with Crippen LogP contribution in [0.15, 0.2) is 34.5 Å². The summed E-state index contributed by atoms with van der Waals surface area (Å²) >= 11 is 1.53. The summed E-state index contributed by atoms with van der Waals surface area (Å²) in [5.74, 6) is -0.899. The molecule has 0 saturated carbocycles. The van der Waals surface area contributed by atoms with E-state index in [9.17, 15) is 17.6 Å². The molecule has 0 unspecified atom stereocenters. The fourth-order valence-corrected chi connectivity index (χ4v) is 4.10. The Morgan fingerprint density at radius 2 is 2.00 bits per heavy atom. The molecule has 0 spiro atoms. The number of ether oxygens (including phenoxy) is 1. The van der Waals surface area contributed by atoms with E-state index in [0.717, 1.165) is 33.6 Å². The molecule has 2 rings (SSSR count). The molecular weight excluding hydrogens is 379 g/mol. The van der Waals surface area contributed by atoms with Crippen LogP contribution in [-0.2, 0) is 32.6 Å². The maximum Gasteiger partial charge on any atom is 0.306 e. The van der Waals surface area contributed by atoms with Crippen molar-refractivity contribution in [1.82, 2.24) is 9.29 Å². The van der Waals surface area contributed by atoms with Crippen LogP contribution in [0.5, 0.6) is 0 Å². The van der Waals surface area contributed by atoms with Gasteiger partial charge in [-0.25, -0.2) is 22.1 Å². The zero-order valence-electron chi connectivity index (χ0n) is 14.6. The lowest BCUT2D eigenvalue weighted by atomic mass is 10.3. The molecule has 0 aliphatic carbocycles. The Hall–Kier alpha value is -1.84. The lowest BCUT2D eigenvalue weighted by Gasteiger charge is -2.16. The number of esters is 1. The van der Waals surface area contributed by atoms with Gasteiger partial charge in [0.25, 0.3) is 0 Å². The number of aromatic nitrogens is 1. The second-order valence-corrected chi connectivity index (χ2v) is 8.62. The van der Waals surface area contributed by atoms with Crippen LogP contribution >= 0.6 is 11.3 Å². The topological polar surface area (TPSA) is 76.6 Å². The Balaban J connectivity index is 1.77. The van der Waals surface area contributed by atoms with Gasteiger partial charge in [-0.05, 0) is 37.1 Å². The van der Waals surface area contributed by atoms with E-state index in [1.807, 2.05) is 12.3 Å². The first-order valence-corrected chi connectivity index (χ1v) is 10.5. The number of carbonyl (C=O) groups excluding carboxylic acids is 1. The molecule has 9 heteroatoms. The van der Waals surface area contributed by atoms with Crippen LogP contribution in [0.25, 0.3) is 0 Å². The molecule has 0 radical (unpaired) electrons.